The Morgan fingerprint density at radius 2 is 2.00 bits per heavy atom. The van der Waals surface area contributed by atoms with Gasteiger partial charge in [0.1, 0.15) is 4.90 Å². The zero-order valence-corrected chi connectivity index (χ0v) is 13.6. The first-order chi connectivity index (χ1) is 10.8. The van der Waals surface area contributed by atoms with Crippen LogP contribution in [0.4, 0.5) is 5.69 Å². The van der Waals surface area contributed by atoms with Gasteiger partial charge in [-0.25, -0.2) is 13.2 Å². The third-order valence-corrected chi connectivity index (χ3v) is 5.25. The molecular weight excluding hydrogens is 340 g/mol. The average molecular weight is 353 g/mol. The fraction of sp³-hybridized carbons (Fsp3) is 0.133. The van der Waals surface area contributed by atoms with Gasteiger partial charge in [-0.3, -0.25) is 0 Å². The van der Waals surface area contributed by atoms with Crippen LogP contribution in [0.2, 0.25) is 5.02 Å². The third-order valence-electron chi connectivity index (χ3n) is 3.47. The number of halogens is 1. The van der Waals surface area contributed by atoms with Crippen LogP contribution in [0.3, 0.4) is 0 Å². The number of rotatable bonds is 2. The molecule has 1 unspecified atom stereocenters. The van der Waals surface area contributed by atoms with E-state index >= 15 is 0 Å². The van der Waals surface area contributed by atoms with Crippen LogP contribution in [0.1, 0.15) is 17.3 Å². The van der Waals surface area contributed by atoms with E-state index in [0.717, 1.165) is 0 Å². The van der Waals surface area contributed by atoms with Crippen LogP contribution >= 0.6 is 11.6 Å². The molecule has 0 bridgehead atoms. The maximum atomic E-state index is 12.3. The number of aromatic carboxylic acids is 1. The lowest BCUT2D eigenvalue weighted by atomic mass is 10.0. The van der Waals surface area contributed by atoms with Gasteiger partial charge >= 0.3 is 5.97 Å². The second-order valence-electron chi connectivity index (χ2n) is 5.20. The van der Waals surface area contributed by atoms with Gasteiger partial charge in [-0.05, 0) is 36.8 Å². The molecule has 2 aromatic carbocycles. The highest BCUT2D eigenvalue weighted by atomic mass is 35.5. The molecule has 0 aliphatic carbocycles. The van der Waals surface area contributed by atoms with Gasteiger partial charge in [0, 0.05) is 10.6 Å². The first kappa shape index (κ1) is 15.8. The van der Waals surface area contributed by atoms with E-state index in [2.05, 4.69) is 10.0 Å². The summed E-state index contributed by atoms with van der Waals surface area (Å²) in [5.74, 6) is -1.06. The van der Waals surface area contributed by atoms with E-state index in [4.69, 9.17) is 16.7 Å². The molecule has 0 radical (unpaired) electrons. The number of nitrogens with one attached hydrogen (secondary N) is 2. The second-order valence-corrected chi connectivity index (χ2v) is 7.32. The highest BCUT2D eigenvalue weighted by molar-refractivity contribution is 7.89. The van der Waals surface area contributed by atoms with E-state index in [-0.39, 0.29) is 15.5 Å². The minimum atomic E-state index is -3.68. The van der Waals surface area contributed by atoms with Gasteiger partial charge in [0.15, 0.2) is 0 Å². The number of anilines is 1. The Kier molecular flexibility index (Phi) is 3.79. The van der Waals surface area contributed by atoms with Crippen LogP contribution in [0.15, 0.2) is 41.3 Å². The maximum Gasteiger partial charge on any atom is 0.335 e. The minimum Gasteiger partial charge on any atom is -0.478 e. The highest BCUT2D eigenvalue weighted by Crippen LogP contribution is 2.39. The van der Waals surface area contributed by atoms with Crippen molar-refractivity contribution in [3.8, 4) is 11.1 Å². The van der Waals surface area contributed by atoms with Crippen molar-refractivity contribution in [2.45, 2.75) is 18.0 Å². The van der Waals surface area contributed by atoms with Gasteiger partial charge in [0.25, 0.3) is 0 Å². The topological polar surface area (TPSA) is 95.5 Å². The Balaban J connectivity index is 2.27. The zero-order chi connectivity index (χ0) is 16.8. The van der Waals surface area contributed by atoms with Gasteiger partial charge in [-0.15, -0.1) is 0 Å². The number of carboxylic acid groups (broad SMARTS) is 1. The number of carbonyl (C=O) groups is 1. The van der Waals surface area contributed by atoms with E-state index in [9.17, 15) is 13.2 Å². The van der Waals surface area contributed by atoms with Crippen molar-refractivity contribution in [1.82, 2.24) is 4.72 Å². The zero-order valence-electron chi connectivity index (χ0n) is 12.0. The largest absolute Gasteiger partial charge is 0.478 e. The van der Waals surface area contributed by atoms with Crippen molar-refractivity contribution in [1.29, 1.82) is 0 Å². The fourth-order valence-corrected chi connectivity index (χ4v) is 4.19. The number of hydrogen-bond donors (Lipinski definition) is 3. The second kappa shape index (κ2) is 5.52. The highest BCUT2D eigenvalue weighted by Gasteiger charge is 2.29. The fourth-order valence-electron chi connectivity index (χ4n) is 2.53. The van der Waals surface area contributed by atoms with Crippen molar-refractivity contribution in [3.05, 3.63) is 47.0 Å². The standard InChI is InChI=1S/C15H13ClN2O4S/c1-8-17-14-12(9-3-2-4-10(5-9)15(19)20)6-11(16)7-13(14)23(21,22)18-8/h2-8,17-18H,1H3,(H,19,20). The summed E-state index contributed by atoms with van der Waals surface area (Å²) in [7, 11) is -3.68. The summed E-state index contributed by atoms with van der Waals surface area (Å²) in [4.78, 5) is 11.2. The lowest BCUT2D eigenvalue weighted by Gasteiger charge is -2.27. The summed E-state index contributed by atoms with van der Waals surface area (Å²) in [6.45, 7) is 1.67. The van der Waals surface area contributed by atoms with Crippen LogP contribution in [0.5, 0.6) is 0 Å². The van der Waals surface area contributed by atoms with E-state index in [1.807, 2.05) is 0 Å². The number of hydrogen-bond acceptors (Lipinski definition) is 4. The lowest BCUT2D eigenvalue weighted by molar-refractivity contribution is 0.0697. The molecule has 1 atom stereocenters. The average Bonchev–Trinajstić information content (AvgIpc) is 2.47. The SMILES string of the molecule is CC1Nc2c(-c3cccc(C(=O)O)c3)cc(Cl)cc2S(=O)(=O)N1. The number of carboxylic acids is 1. The molecule has 3 rings (SSSR count). The van der Waals surface area contributed by atoms with E-state index in [1.165, 1.54) is 18.2 Å². The summed E-state index contributed by atoms with van der Waals surface area (Å²) in [6.07, 6.45) is -0.491. The Morgan fingerprint density at radius 3 is 2.70 bits per heavy atom. The molecule has 1 aliphatic rings. The quantitative estimate of drug-likeness (QED) is 0.772. The Bertz CT molecular complexity index is 912. The predicted octanol–water partition coefficient (Wildman–Crippen LogP) is 2.75. The van der Waals surface area contributed by atoms with Crippen LogP contribution in [-0.4, -0.2) is 25.7 Å². The molecule has 120 valence electrons. The summed E-state index contributed by atoms with van der Waals surface area (Å²) >= 11 is 6.06. The van der Waals surface area contributed by atoms with E-state index < -0.39 is 22.2 Å². The summed E-state index contributed by atoms with van der Waals surface area (Å²) in [6, 6.07) is 9.24. The third kappa shape index (κ3) is 2.90. The summed E-state index contributed by atoms with van der Waals surface area (Å²) in [5, 5.41) is 12.4. The Morgan fingerprint density at radius 1 is 1.26 bits per heavy atom. The molecule has 1 heterocycles. The molecule has 6 nitrogen and oxygen atoms in total. The van der Waals surface area contributed by atoms with Gasteiger partial charge in [0.05, 0.1) is 17.4 Å². The molecule has 3 N–H and O–H groups in total. The number of sulfonamides is 1. The van der Waals surface area contributed by atoms with Crippen molar-refractivity contribution in [3.63, 3.8) is 0 Å². The predicted molar refractivity (Wildman–Crippen MR) is 87.3 cm³/mol. The van der Waals surface area contributed by atoms with Crippen molar-refractivity contribution in [2.24, 2.45) is 0 Å². The van der Waals surface area contributed by atoms with Gasteiger partial charge in [-0.2, -0.15) is 4.72 Å². The van der Waals surface area contributed by atoms with Crippen LogP contribution in [0, 0.1) is 0 Å². The smallest absolute Gasteiger partial charge is 0.335 e. The summed E-state index contributed by atoms with van der Waals surface area (Å²) in [5.41, 5.74) is 1.62. The van der Waals surface area contributed by atoms with Crippen molar-refractivity contribution < 1.29 is 18.3 Å². The molecule has 1 aliphatic heterocycles. The first-order valence-corrected chi connectivity index (χ1v) is 8.60. The lowest BCUT2D eigenvalue weighted by Crippen LogP contribution is -2.42. The number of fused-ring (bicyclic) bond motifs is 1. The Hall–Kier alpha value is -2.09. The first-order valence-electron chi connectivity index (χ1n) is 6.74. The maximum absolute atomic E-state index is 12.3. The van der Waals surface area contributed by atoms with E-state index in [1.54, 1.807) is 25.1 Å². The molecule has 8 heteroatoms. The summed E-state index contributed by atoms with van der Waals surface area (Å²) < 4.78 is 27.0. The molecule has 0 spiro atoms. The van der Waals surface area contributed by atoms with Gasteiger partial charge < -0.3 is 10.4 Å². The molecule has 23 heavy (non-hydrogen) atoms. The van der Waals surface area contributed by atoms with Crippen molar-refractivity contribution >= 4 is 33.3 Å². The molecule has 0 aromatic heterocycles. The number of benzene rings is 2. The normalized spacial score (nSPS) is 18.8. The molecule has 0 saturated carbocycles. The van der Waals surface area contributed by atoms with Crippen molar-refractivity contribution in [2.75, 3.05) is 5.32 Å². The molecule has 0 fully saturated rings. The van der Waals surface area contributed by atoms with E-state index in [0.29, 0.717) is 16.8 Å². The minimum absolute atomic E-state index is 0.0406. The van der Waals surface area contributed by atoms with Gasteiger partial charge in [-0.1, -0.05) is 23.7 Å². The molecule has 2 aromatic rings. The molecular formula is C15H13ClN2O4S. The van der Waals surface area contributed by atoms with Crippen LogP contribution in [0.25, 0.3) is 11.1 Å². The van der Waals surface area contributed by atoms with Crippen LogP contribution < -0.4 is 10.0 Å². The Labute approximate surface area is 138 Å². The molecule has 0 amide bonds. The monoisotopic (exact) mass is 352 g/mol. The van der Waals surface area contributed by atoms with Gasteiger partial charge in [0.2, 0.25) is 10.0 Å². The molecule has 0 saturated heterocycles. The van der Waals surface area contributed by atoms with Crippen LogP contribution in [-0.2, 0) is 10.0 Å².